The fraction of sp³-hybridized carbons (Fsp3) is 0.857. The van der Waals surface area contributed by atoms with Crippen LogP contribution in [0.2, 0.25) is 0 Å². The van der Waals surface area contributed by atoms with E-state index < -0.39 is 0 Å². The van der Waals surface area contributed by atoms with Gasteiger partial charge in [-0.2, -0.15) is 5.10 Å². The largest absolute Gasteiger partial charge is 0.321 e. The molecule has 0 radical (unpaired) electrons. The molecule has 2 N–H and O–H groups in total. The molecular formula is C14H24N4. The van der Waals surface area contributed by atoms with Gasteiger partial charge >= 0.3 is 0 Å². The summed E-state index contributed by atoms with van der Waals surface area (Å²) in [6, 6.07) is 0.106. The Labute approximate surface area is 109 Å². The van der Waals surface area contributed by atoms with Gasteiger partial charge in [0.1, 0.15) is 5.82 Å². The Morgan fingerprint density at radius 3 is 2.72 bits per heavy atom. The van der Waals surface area contributed by atoms with Gasteiger partial charge in [-0.25, -0.2) is 9.67 Å². The van der Waals surface area contributed by atoms with Crippen molar-refractivity contribution in [3.05, 3.63) is 11.6 Å². The molecule has 1 atom stereocenters. The van der Waals surface area contributed by atoms with Gasteiger partial charge in [0, 0.05) is 13.0 Å². The molecule has 1 aromatic rings. The molecule has 1 aromatic heterocycles. The first-order chi connectivity index (χ1) is 8.83. The fourth-order valence-corrected chi connectivity index (χ4v) is 3.35. The number of nitrogens with two attached hydrogens (primary N) is 1. The molecule has 18 heavy (non-hydrogen) atoms. The van der Waals surface area contributed by atoms with Crippen LogP contribution in [-0.4, -0.2) is 14.8 Å². The highest BCUT2D eigenvalue weighted by atomic mass is 15.4. The molecule has 1 unspecified atom stereocenters. The second-order valence-electron chi connectivity index (χ2n) is 5.90. The second kappa shape index (κ2) is 5.39. The van der Waals surface area contributed by atoms with Gasteiger partial charge in [0.25, 0.3) is 0 Å². The molecule has 4 nitrogen and oxygen atoms in total. The molecule has 3 rings (SSSR count). The van der Waals surface area contributed by atoms with Crippen LogP contribution >= 0.6 is 0 Å². The first kappa shape index (κ1) is 12.2. The van der Waals surface area contributed by atoms with E-state index >= 15 is 0 Å². The van der Waals surface area contributed by atoms with E-state index in [9.17, 15) is 0 Å². The molecule has 0 aromatic carbocycles. The average Bonchev–Trinajstić information content (AvgIpc) is 2.82. The molecule has 0 spiro atoms. The Kier molecular flexibility index (Phi) is 3.64. The van der Waals surface area contributed by atoms with Crippen LogP contribution in [0.3, 0.4) is 0 Å². The van der Waals surface area contributed by atoms with Gasteiger partial charge in [0.15, 0.2) is 5.82 Å². The van der Waals surface area contributed by atoms with E-state index in [1.165, 1.54) is 38.5 Å². The predicted molar refractivity (Wildman–Crippen MR) is 71.1 cm³/mol. The number of fused-ring (bicyclic) bond motifs is 1. The van der Waals surface area contributed by atoms with Gasteiger partial charge in [-0.3, -0.25) is 0 Å². The lowest BCUT2D eigenvalue weighted by molar-refractivity contribution is 0.337. The molecular weight excluding hydrogens is 224 g/mol. The standard InChI is InChI=1S/C14H24N4/c15-12-7-4-10-18-14(12)16-13(17-18)9-8-11-5-2-1-3-6-11/h11-12H,1-10,15H2. The van der Waals surface area contributed by atoms with Crippen molar-refractivity contribution in [2.75, 3.05) is 0 Å². The molecule has 2 heterocycles. The first-order valence-corrected chi connectivity index (χ1v) is 7.52. The number of hydrogen-bond donors (Lipinski definition) is 1. The molecule has 100 valence electrons. The Hall–Kier alpha value is -0.900. The van der Waals surface area contributed by atoms with Crippen molar-refractivity contribution < 1.29 is 0 Å². The molecule has 0 bridgehead atoms. The van der Waals surface area contributed by atoms with Crippen molar-refractivity contribution in [1.82, 2.24) is 14.8 Å². The molecule has 2 aliphatic rings. The minimum Gasteiger partial charge on any atom is -0.321 e. The molecule has 0 amide bonds. The maximum Gasteiger partial charge on any atom is 0.151 e. The van der Waals surface area contributed by atoms with E-state index in [0.29, 0.717) is 0 Å². The molecule has 1 aliphatic carbocycles. The van der Waals surface area contributed by atoms with E-state index in [0.717, 1.165) is 43.4 Å². The summed E-state index contributed by atoms with van der Waals surface area (Å²) in [5.74, 6) is 2.95. The molecule has 0 saturated heterocycles. The third-order valence-corrected chi connectivity index (χ3v) is 4.46. The van der Waals surface area contributed by atoms with Gasteiger partial charge in [0.2, 0.25) is 0 Å². The Bertz CT molecular complexity index is 392. The summed E-state index contributed by atoms with van der Waals surface area (Å²) in [6.45, 7) is 0.999. The Morgan fingerprint density at radius 1 is 1.11 bits per heavy atom. The summed E-state index contributed by atoms with van der Waals surface area (Å²) in [5.41, 5.74) is 6.08. The minimum atomic E-state index is 0.106. The number of nitrogens with zero attached hydrogens (tertiary/aromatic N) is 3. The van der Waals surface area contributed by atoms with Crippen molar-refractivity contribution in [3.63, 3.8) is 0 Å². The fourth-order valence-electron chi connectivity index (χ4n) is 3.35. The average molecular weight is 248 g/mol. The van der Waals surface area contributed by atoms with Crippen LogP contribution in [0.5, 0.6) is 0 Å². The van der Waals surface area contributed by atoms with Gasteiger partial charge in [-0.05, 0) is 25.2 Å². The molecule has 1 aliphatic heterocycles. The van der Waals surface area contributed by atoms with Crippen molar-refractivity contribution in [2.45, 2.75) is 70.4 Å². The summed E-state index contributed by atoms with van der Waals surface area (Å²) < 4.78 is 2.03. The summed E-state index contributed by atoms with van der Waals surface area (Å²) in [5, 5.41) is 4.61. The minimum absolute atomic E-state index is 0.106. The van der Waals surface area contributed by atoms with E-state index in [1.807, 2.05) is 4.68 Å². The van der Waals surface area contributed by atoms with E-state index in [4.69, 9.17) is 5.73 Å². The highest BCUT2D eigenvalue weighted by molar-refractivity contribution is 5.01. The van der Waals surface area contributed by atoms with Crippen molar-refractivity contribution in [2.24, 2.45) is 11.7 Å². The topological polar surface area (TPSA) is 56.7 Å². The molecule has 1 fully saturated rings. The maximum atomic E-state index is 6.08. The van der Waals surface area contributed by atoms with E-state index in [-0.39, 0.29) is 6.04 Å². The third kappa shape index (κ3) is 2.58. The van der Waals surface area contributed by atoms with Crippen LogP contribution in [0.4, 0.5) is 0 Å². The van der Waals surface area contributed by atoms with Gasteiger partial charge in [-0.1, -0.05) is 32.1 Å². The smallest absolute Gasteiger partial charge is 0.151 e. The van der Waals surface area contributed by atoms with Gasteiger partial charge in [0.05, 0.1) is 6.04 Å². The maximum absolute atomic E-state index is 6.08. The summed E-state index contributed by atoms with van der Waals surface area (Å²) in [6.07, 6.45) is 11.6. The lowest BCUT2D eigenvalue weighted by atomic mass is 9.86. The van der Waals surface area contributed by atoms with Crippen molar-refractivity contribution in [3.8, 4) is 0 Å². The van der Waals surface area contributed by atoms with Crippen molar-refractivity contribution in [1.29, 1.82) is 0 Å². The van der Waals surface area contributed by atoms with Gasteiger partial charge < -0.3 is 5.73 Å². The Balaban J connectivity index is 1.59. The summed E-state index contributed by atoms with van der Waals surface area (Å²) >= 11 is 0. The van der Waals surface area contributed by atoms with Crippen LogP contribution < -0.4 is 5.73 Å². The summed E-state index contributed by atoms with van der Waals surface area (Å²) in [4.78, 5) is 4.64. The van der Waals surface area contributed by atoms with Crippen LogP contribution in [0, 0.1) is 5.92 Å². The van der Waals surface area contributed by atoms with Crippen LogP contribution in [0.1, 0.15) is 69.1 Å². The highest BCUT2D eigenvalue weighted by Gasteiger charge is 2.21. The zero-order chi connectivity index (χ0) is 12.4. The number of hydrogen-bond acceptors (Lipinski definition) is 3. The summed E-state index contributed by atoms with van der Waals surface area (Å²) in [7, 11) is 0. The van der Waals surface area contributed by atoms with Gasteiger partial charge in [-0.15, -0.1) is 0 Å². The normalized spacial score (nSPS) is 25.1. The first-order valence-electron chi connectivity index (χ1n) is 7.52. The van der Waals surface area contributed by atoms with E-state index in [2.05, 4.69) is 10.1 Å². The van der Waals surface area contributed by atoms with Crippen molar-refractivity contribution >= 4 is 0 Å². The lowest BCUT2D eigenvalue weighted by Gasteiger charge is -2.20. The Morgan fingerprint density at radius 2 is 1.94 bits per heavy atom. The zero-order valence-corrected chi connectivity index (χ0v) is 11.1. The highest BCUT2D eigenvalue weighted by Crippen LogP contribution is 2.27. The lowest BCUT2D eigenvalue weighted by Crippen LogP contribution is -2.22. The SMILES string of the molecule is NC1CCCn2nc(CCC3CCCCC3)nc21. The quantitative estimate of drug-likeness (QED) is 0.894. The van der Waals surface area contributed by atoms with Crippen LogP contribution in [0.15, 0.2) is 0 Å². The predicted octanol–water partition coefficient (Wildman–Crippen LogP) is 2.58. The van der Waals surface area contributed by atoms with E-state index in [1.54, 1.807) is 0 Å². The number of aromatic nitrogens is 3. The molecule has 1 saturated carbocycles. The van der Waals surface area contributed by atoms with Crippen LogP contribution in [0.25, 0.3) is 0 Å². The third-order valence-electron chi connectivity index (χ3n) is 4.46. The van der Waals surface area contributed by atoms with Crippen LogP contribution in [-0.2, 0) is 13.0 Å². The second-order valence-corrected chi connectivity index (χ2v) is 5.90. The zero-order valence-electron chi connectivity index (χ0n) is 11.1. The molecule has 4 heteroatoms. The number of aryl methyl sites for hydroxylation is 2. The number of rotatable bonds is 3. The monoisotopic (exact) mass is 248 g/mol.